The third-order valence-corrected chi connectivity index (χ3v) is 3.90. The quantitative estimate of drug-likeness (QED) is 0.863. The highest BCUT2D eigenvalue weighted by Gasteiger charge is 2.23. The highest BCUT2D eigenvalue weighted by Crippen LogP contribution is 2.33. The standard InChI is InChI=1S/C11H10ClN3OS/c12-8-3-1-7(2-4-8)10-13-14-11-15(10)9(16)5-6-17-11/h1-4,9,16H,5-6H2. The summed E-state index contributed by atoms with van der Waals surface area (Å²) in [4.78, 5) is 0. The third-order valence-electron chi connectivity index (χ3n) is 2.67. The molecule has 3 rings (SSSR count). The molecule has 1 unspecified atom stereocenters. The first-order valence-electron chi connectivity index (χ1n) is 5.27. The Labute approximate surface area is 108 Å². The van der Waals surface area contributed by atoms with Gasteiger partial charge in [0.05, 0.1) is 0 Å². The van der Waals surface area contributed by atoms with Gasteiger partial charge in [0.25, 0.3) is 0 Å². The topological polar surface area (TPSA) is 50.9 Å². The van der Waals surface area contributed by atoms with Crippen LogP contribution >= 0.6 is 23.4 Å². The summed E-state index contributed by atoms with van der Waals surface area (Å²) in [5.74, 6) is 1.57. The molecule has 0 spiro atoms. The lowest BCUT2D eigenvalue weighted by molar-refractivity contribution is 0.0904. The molecule has 6 heteroatoms. The second-order valence-electron chi connectivity index (χ2n) is 3.80. The van der Waals surface area contributed by atoms with Crippen molar-refractivity contribution in [2.45, 2.75) is 17.8 Å². The van der Waals surface area contributed by atoms with Crippen LogP contribution in [0.1, 0.15) is 12.6 Å². The maximum absolute atomic E-state index is 9.99. The second-order valence-corrected chi connectivity index (χ2v) is 5.30. The first-order chi connectivity index (χ1) is 8.25. The van der Waals surface area contributed by atoms with Crippen molar-refractivity contribution in [2.24, 2.45) is 0 Å². The zero-order chi connectivity index (χ0) is 11.8. The molecule has 0 radical (unpaired) electrons. The van der Waals surface area contributed by atoms with E-state index in [9.17, 15) is 5.11 Å². The molecule has 1 N–H and O–H groups in total. The van der Waals surface area contributed by atoms with Crippen molar-refractivity contribution in [2.75, 3.05) is 5.75 Å². The maximum atomic E-state index is 9.99. The van der Waals surface area contributed by atoms with Crippen molar-refractivity contribution < 1.29 is 5.11 Å². The molecule has 0 saturated carbocycles. The van der Waals surface area contributed by atoms with Gasteiger partial charge in [-0.1, -0.05) is 23.4 Å². The minimum atomic E-state index is -0.535. The predicted molar refractivity (Wildman–Crippen MR) is 67.1 cm³/mol. The average Bonchev–Trinajstić information content (AvgIpc) is 2.75. The van der Waals surface area contributed by atoms with Crippen LogP contribution in [0.2, 0.25) is 5.02 Å². The van der Waals surface area contributed by atoms with Crippen molar-refractivity contribution in [3.63, 3.8) is 0 Å². The van der Waals surface area contributed by atoms with Gasteiger partial charge < -0.3 is 5.11 Å². The van der Waals surface area contributed by atoms with Crippen molar-refractivity contribution in [1.29, 1.82) is 0 Å². The van der Waals surface area contributed by atoms with E-state index in [4.69, 9.17) is 11.6 Å². The maximum Gasteiger partial charge on any atom is 0.193 e. The van der Waals surface area contributed by atoms with Crippen molar-refractivity contribution in [1.82, 2.24) is 14.8 Å². The minimum absolute atomic E-state index is 0.535. The molecule has 17 heavy (non-hydrogen) atoms. The van der Waals surface area contributed by atoms with Crippen LogP contribution in [-0.4, -0.2) is 25.6 Å². The zero-order valence-electron chi connectivity index (χ0n) is 8.88. The molecule has 2 heterocycles. The molecule has 2 aromatic rings. The number of aliphatic hydroxyl groups excluding tert-OH is 1. The van der Waals surface area contributed by atoms with Crippen LogP contribution in [0.4, 0.5) is 0 Å². The molecule has 0 saturated heterocycles. The zero-order valence-corrected chi connectivity index (χ0v) is 10.4. The highest BCUT2D eigenvalue weighted by molar-refractivity contribution is 7.99. The summed E-state index contributed by atoms with van der Waals surface area (Å²) in [5.41, 5.74) is 0.912. The molecule has 0 amide bonds. The van der Waals surface area contributed by atoms with Crippen LogP contribution in [-0.2, 0) is 0 Å². The number of thioether (sulfide) groups is 1. The van der Waals surface area contributed by atoms with Crippen LogP contribution in [0.5, 0.6) is 0 Å². The number of fused-ring (bicyclic) bond motifs is 1. The molecule has 1 aliphatic heterocycles. The second kappa shape index (κ2) is 4.33. The van der Waals surface area contributed by atoms with E-state index < -0.39 is 6.23 Å². The molecule has 1 atom stereocenters. The molecule has 1 aromatic carbocycles. The summed E-state index contributed by atoms with van der Waals surface area (Å²) in [7, 11) is 0. The van der Waals surface area contributed by atoms with Gasteiger partial charge in [0.1, 0.15) is 6.23 Å². The van der Waals surface area contributed by atoms with Gasteiger partial charge in [0, 0.05) is 22.8 Å². The van der Waals surface area contributed by atoms with E-state index in [1.165, 1.54) is 0 Å². The van der Waals surface area contributed by atoms with E-state index in [0.29, 0.717) is 10.8 Å². The average molecular weight is 268 g/mol. The normalized spacial score (nSPS) is 19.1. The lowest BCUT2D eigenvalue weighted by atomic mass is 10.2. The molecule has 1 aliphatic rings. The smallest absolute Gasteiger partial charge is 0.193 e. The molecule has 0 fully saturated rings. The Morgan fingerprint density at radius 1 is 1.29 bits per heavy atom. The highest BCUT2D eigenvalue weighted by atomic mass is 35.5. The monoisotopic (exact) mass is 267 g/mol. The molecule has 1 aromatic heterocycles. The van der Waals surface area contributed by atoms with Crippen LogP contribution in [0.25, 0.3) is 11.4 Å². The summed E-state index contributed by atoms with van der Waals surface area (Å²) < 4.78 is 1.78. The van der Waals surface area contributed by atoms with E-state index in [1.54, 1.807) is 28.5 Å². The number of hydrogen-bond donors (Lipinski definition) is 1. The van der Waals surface area contributed by atoms with Gasteiger partial charge in [-0.2, -0.15) is 0 Å². The number of nitrogens with zero attached hydrogens (tertiary/aromatic N) is 3. The Morgan fingerprint density at radius 3 is 2.82 bits per heavy atom. The first kappa shape index (κ1) is 11.1. The Kier molecular flexibility index (Phi) is 2.82. The largest absolute Gasteiger partial charge is 0.373 e. The third kappa shape index (κ3) is 1.94. The van der Waals surface area contributed by atoms with Gasteiger partial charge in [0.15, 0.2) is 11.0 Å². The Bertz CT molecular complexity index is 540. The SMILES string of the molecule is OC1CCSc2nnc(-c3ccc(Cl)cc3)n21. The molecular formula is C11H10ClN3OS. The van der Waals surface area contributed by atoms with Crippen molar-refractivity contribution in [3.8, 4) is 11.4 Å². The number of halogens is 1. The fourth-order valence-corrected chi connectivity index (χ4v) is 2.91. The van der Waals surface area contributed by atoms with Crippen molar-refractivity contribution >= 4 is 23.4 Å². The number of aromatic nitrogens is 3. The van der Waals surface area contributed by atoms with E-state index in [0.717, 1.165) is 22.9 Å². The molecule has 4 nitrogen and oxygen atoms in total. The van der Waals surface area contributed by atoms with Crippen LogP contribution in [0, 0.1) is 0 Å². The van der Waals surface area contributed by atoms with E-state index in [-0.39, 0.29) is 0 Å². The molecule has 88 valence electrons. The molecule has 0 aliphatic carbocycles. The lowest BCUT2D eigenvalue weighted by Gasteiger charge is -2.20. The number of benzene rings is 1. The van der Waals surface area contributed by atoms with Gasteiger partial charge in [0.2, 0.25) is 0 Å². The molecular weight excluding hydrogens is 258 g/mol. The number of hydrogen-bond acceptors (Lipinski definition) is 4. The predicted octanol–water partition coefficient (Wildman–Crippen LogP) is 2.59. The summed E-state index contributed by atoms with van der Waals surface area (Å²) in [6.07, 6.45) is 0.183. The van der Waals surface area contributed by atoms with Gasteiger partial charge in [-0.15, -0.1) is 10.2 Å². The Morgan fingerprint density at radius 2 is 2.06 bits per heavy atom. The summed E-state index contributed by atoms with van der Waals surface area (Å²) >= 11 is 7.46. The minimum Gasteiger partial charge on any atom is -0.373 e. The van der Waals surface area contributed by atoms with Gasteiger partial charge in [-0.3, -0.25) is 4.57 Å². The van der Waals surface area contributed by atoms with E-state index in [2.05, 4.69) is 10.2 Å². The van der Waals surface area contributed by atoms with Gasteiger partial charge >= 0.3 is 0 Å². The fourth-order valence-electron chi connectivity index (χ4n) is 1.82. The summed E-state index contributed by atoms with van der Waals surface area (Å²) in [6, 6.07) is 7.37. The number of rotatable bonds is 1. The van der Waals surface area contributed by atoms with E-state index in [1.807, 2.05) is 12.1 Å². The Hall–Kier alpha value is -1.04. The van der Waals surface area contributed by atoms with E-state index >= 15 is 0 Å². The summed E-state index contributed by atoms with van der Waals surface area (Å²) in [5, 5.41) is 19.7. The van der Waals surface area contributed by atoms with Crippen molar-refractivity contribution in [3.05, 3.63) is 29.3 Å². The van der Waals surface area contributed by atoms with Crippen LogP contribution in [0.3, 0.4) is 0 Å². The lowest BCUT2D eigenvalue weighted by Crippen LogP contribution is -2.16. The first-order valence-corrected chi connectivity index (χ1v) is 6.64. The fraction of sp³-hybridized carbons (Fsp3) is 0.273. The molecule has 0 bridgehead atoms. The number of aliphatic hydroxyl groups is 1. The van der Waals surface area contributed by atoms with Crippen LogP contribution < -0.4 is 0 Å². The van der Waals surface area contributed by atoms with Gasteiger partial charge in [-0.25, -0.2) is 0 Å². The van der Waals surface area contributed by atoms with Crippen LogP contribution in [0.15, 0.2) is 29.4 Å². The summed E-state index contributed by atoms with van der Waals surface area (Å²) in [6.45, 7) is 0. The van der Waals surface area contributed by atoms with Gasteiger partial charge in [-0.05, 0) is 24.3 Å². The Balaban J connectivity index is 2.09.